The molecule has 1 amide bonds. The Morgan fingerprint density at radius 1 is 1.09 bits per heavy atom. The van der Waals surface area contributed by atoms with Crippen LogP contribution in [0.4, 0.5) is 13.2 Å². The fourth-order valence-electron chi connectivity index (χ4n) is 3.51. The second-order valence-electron chi connectivity index (χ2n) is 7.59. The third-order valence-corrected chi connectivity index (χ3v) is 7.59. The third-order valence-electron chi connectivity index (χ3n) is 5.28. The zero-order valence-corrected chi connectivity index (χ0v) is 21.6. The summed E-state index contributed by atoms with van der Waals surface area (Å²) >= 11 is 16.7. The molecule has 0 saturated heterocycles. The number of nitrogens with zero attached hydrogens (tertiary/aromatic N) is 1. The van der Waals surface area contributed by atoms with Crippen LogP contribution in [-0.2, 0) is 10.4 Å². The predicted molar refractivity (Wildman–Crippen MR) is 135 cm³/mol. The molecule has 4 nitrogen and oxygen atoms in total. The van der Waals surface area contributed by atoms with Crippen molar-refractivity contribution in [1.82, 2.24) is 5.32 Å². The minimum atomic E-state index is -4.77. The number of nitrogens with one attached hydrogen (secondary N) is 1. The summed E-state index contributed by atoms with van der Waals surface area (Å²) in [4.78, 5) is 18.0. The Kier molecular flexibility index (Phi) is 7.71. The van der Waals surface area contributed by atoms with Crippen LogP contribution in [0.2, 0.25) is 10.0 Å². The van der Waals surface area contributed by atoms with E-state index in [1.807, 2.05) is 6.07 Å². The first-order valence-corrected chi connectivity index (χ1v) is 12.7. The van der Waals surface area contributed by atoms with Gasteiger partial charge in [0.15, 0.2) is 0 Å². The molecule has 4 rings (SSSR count). The summed E-state index contributed by atoms with van der Waals surface area (Å²) in [6, 6.07) is 17.6. The number of hydrogen-bond acceptors (Lipinski definition) is 4. The lowest BCUT2D eigenvalue weighted by Gasteiger charge is -2.29. The molecule has 11 heteroatoms. The quantitative estimate of drug-likeness (QED) is 0.231. The summed E-state index contributed by atoms with van der Waals surface area (Å²) in [6.07, 6.45) is -5.31. The van der Waals surface area contributed by atoms with Gasteiger partial charge in [0, 0.05) is 42.5 Å². The van der Waals surface area contributed by atoms with Gasteiger partial charge in [-0.2, -0.15) is 13.2 Å². The fourth-order valence-corrected chi connectivity index (χ4v) is 5.48. The number of oxime groups is 1. The number of amides is 1. The standard InChI is InChI=1S/C24H16BrCl2F3N2O2S/c25-19-8-15(6-7-21(19)35-13-31-22(33)14-4-2-1-3-5-14)20-12-23(34-32-20,24(28,29)30)16-9-17(26)11-18(27)10-16/h1-11H,12-13H2,(H,31,33). The van der Waals surface area contributed by atoms with E-state index in [0.717, 1.165) is 4.90 Å². The van der Waals surface area contributed by atoms with Gasteiger partial charge in [-0.25, -0.2) is 0 Å². The van der Waals surface area contributed by atoms with Crippen LogP contribution in [0.5, 0.6) is 0 Å². The van der Waals surface area contributed by atoms with E-state index in [0.29, 0.717) is 21.5 Å². The summed E-state index contributed by atoms with van der Waals surface area (Å²) in [7, 11) is 0. The molecule has 0 aromatic heterocycles. The molecule has 1 aliphatic heterocycles. The minimum absolute atomic E-state index is 0.0663. The maximum atomic E-state index is 14.2. The monoisotopic (exact) mass is 602 g/mol. The smallest absolute Gasteiger partial charge is 0.374 e. The van der Waals surface area contributed by atoms with Crippen molar-refractivity contribution in [2.45, 2.75) is 23.1 Å². The van der Waals surface area contributed by atoms with Gasteiger partial charge >= 0.3 is 6.18 Å². The molecule has 0 fully saturated rings. The van der Waals surface area contributed by atoms with Crippen molar-refractivity contribution >= 4 is 62.5 Å². The largest absolute Gasteiger partial charge is 0.435 e. The van der Waals surface area contributed by atoms with Gasteiger partial charge in [0.1, 0.15) is 0 Å². The van der Waals surface area contributed by atoms with Gasteiger partial charge in [-0.05, 0) is 58.4 Å². The number of alkyl halides is 3. The maximum absolute atomic E-state index is 14.2. The Balaban J connectivity index is 1.48. The van der Waals surface area contributed by atoms with E-state index in [2.05, 4.69) is 26.4 Å². The van der Waals surface area contributed by atoms with Crippen LogP contribution in [0.25, 0.3) is 0 Å². The lowest BCUT2D eigenvalue weighted by Crippen LogP contribution is -2.42. The molecular weight excluding hydrogens is 588 g/mol. The molecular formula is C24H16BrCl2F3N2O2S. The van der Waals surface area contributed by atoms with Crippen LogP contribution < -0.4 is 5.32 Å². The van der Waals surface area contributed by atoms with Crippen molar-refractivity contribution in [2.75, 3.05) is 5.88 Å². The van der Waals surface area contributed by atoms with Crippen molar-refractivity contribution in [3.63, 3.8) is 0 Å². The minimum Gasteiger partial charge on any atom is -0.374 e. The highest BCUT2D eigenvalue weighted by molar-refractivity contribution is 9.10. The van der Waals surface area contributed by atoms with Crippen molar-refractivity contribution in [3.05, 3.63) is 97.9 Å². The zero-order valence-electron chi connectivity index (χ0n) is 17.7. The highest BCUT2D eigenvalue weighted by Crippen LogP contribution is 2.50. The van der Waals surface area contributed by atoms with Crippen LogP contribution in [-0.4, -0.2) is 23.7 Å². The Morgan fingerprint density at radius 2 is 1.77 bits per heavy atom. The van der Waals surface area contributed by atoms with E-state index >= 15 is 0 Å². The SMILES string of the molecule is O=C(NCSc1ccc(C2=NOC(c3cc(Cl)cc(Cl)c3)(C(F)(F)F)C2)cc1Br)c1ccccc1. The molecule has 182 valence electrons. The number of benzene rings is 3. The van der Waals surface area contributed by atoms with E-state index in [1.165, 1.54) is 30.0 Å². The van der Waals surface area contributed by atoms with Gasteiger partial charge in [0.05, 0.1) is 11.6 Å². The second kappa shape index (κ2) is 10.4. The van der Waals surface area contributed by atoms with Crippen LogP contribution in [0.3, 0.4) is 0 Å². The Bertz CT molecular complexity index is 1270. The second-order valence-corrected chi connectivity index (χ2v) is 10.3. The van der Waals surface area contributed by atoms with Gasteiger partial charge < -0.3 is 10.2 Å². The van der Waals surface area contributed by atoms with Crippen molar-refractivity contribution in [2.24, 2.45) is 5.16 Å². The average molecular weight is 604 g/mol. The summed E-state index contributed by atoms with van der Waals surface area (Å²) < 4.78 is 43.2. The van der Waals surface area contributed by atoms with E-state index in [1.54, 1.807) is 42.5 Å². The molecule has 1 N–H and O–H groups in total. The summed E-state index contributed by atoms with van der Waals surface area (Å²) in [5.74, 6) is 0.107. The third kappa shape index (κ3) is 5.63. The number of rotatable bonds is 6. The molecule has 0 bridgehead atoms. The van der Waals surface area contributed by atoms with E-state index in [-0.39, 0.29) is 27.2 Å². The summed E-state index contributed by atoms with van der Waals surface area (Å²) in [6.45, 7) is 0. The van der Waals surface area contributed by atoms with Gasteiger partial charge in [-0.1, -0.05) is 52.6 Å². The van der Waals surface area contributed by atoms with Crippen LogP contribution >= 0.6 is 50.9 Å². The number of halogens is 6. The first kappa shape index (κ1) is 25.9. The Hall–Kier alpha value is -2.20. The first-order chi connectivity index (χ1) is 16.6. The molecule has 0 spiro atoms. The Morgan fingerprint density at radius 3 is 2.40 bits per heavy atom. The number of thioether (sulfide) groups is 1. The molecule has 35 heavy (non-hydrogen) atoms. The first-order valence-electron chi connectivity index (χ1n) is 10.1. The zero-order chi connectivity index (χ0) is 25.2. The molecule has 1 atom stereocenters. The molecule has 0 aliphatic carbocycles. The number of carbonyl (C=O) groups excluding carboxylic acids is 1. The molecule has 3 aromatic carbocycles. The molecule has 1 unspecified atom stereocenters. The molecule has 1 aliphatic rings. The molecule has 3 aromatic rings. The van der Waals surface area contributed by atoms with Gasteiger partial charge in [-0.15, -0.1) is 11.8 Å². The summed E-state index contributed by atoms with van der Waals surface area (Å²) in [5, 5.41) is 6.72. The van der Waals surface area contributed by atoms with Crippen LogP contribution in [0.1, 0.15) is 27.9 Å². The molecule has 0 saturated carbocycles. The fraction of sp³-hybridized carbons (Fsp3) is 0.167. The highest BCUT2D eigenvalue weighted by atomic mass is 79.9. The van der Waals surface area contributed by atoms with Gasteiger partial charge in [0.25, 0.3) is 11.5 Å². The van der Waals surface area contributed by atoms with Crippen LogP contribution in [0, 0.1) is 0 Å². The highest BCUT2D eigenvalue weighted by Gasteiger charge is 2.62. The maximum Gasteiger partial charge on any atom is 0.435 e. The Labute approximate surface area is 221 Å². The van der Waals surface area contributed by atoms with E-state index in [9.17, 15) is 18.0 Å². The van der Waals surface area contributed by atoms with Crippen molar-refractivity contribution in [3.8, 4) is 0 Å². The lowest BCUT2D eigenvalue weighted by molar-refractivity contribution is -0.275. The number of hydrogen-bond donors (Lipinski definition) is 1. The van der Waals surface area contributed by atoms with Crippen molar-refractivity contribution in [1.29, 1.82) is 0 Å². The van der Waals surface area contributed by atoms with E-state index in [4.69, 9.17) is 28.0 Å². The normalized spacial score (nSPS) is 17.6. The van der Waals surface area contributed by atoms with Crippen LogP contribution in [0.15, 0.2) is 81.3 Å². The predicted octanol–water partition coefficient (Wildman–Crippen LogP) is 7.82. The molecule has 0 radical (unpaired) electrons. The van der Waals surface area contributed by atoms with E-state index < -0.39 is 18.2 Å². The average Bonchev–Trinajstić information content (AvgIpc) is 3.27. The van der Waals surface area contributed by atoms with Gasteiger partial charge in [0.2, 0.25) is 0 Å². The summed E-state index contributed by atoms with van der Waals surface area (Å²) in [5.41, 5.74) is -1.77. The van der Waals surface area contributed by atoms with Crippen molar-refractivity contribution < 1.29 is 22.8 Å². The lowest BCUT2D eigenvalue weighted by atomic mass is 9.86. The topological polar surface area (TPSA) is 50.7 Å². The molecule has 1 heterocycles. The number of carbonyl (C=O) groups is 1. The van der Waals surface area contributed by atoms with Gasteiger partial charge in [-0.3, -0.25) is 4.79 Å².